The van der Waals surface area contributed by atoms with Crippen LogP contribution in [0.4, 0.5) is 0 Å². The van der Waals surface area contributed by atoms with Crippen molar-refractivity contribution in [1.29, 1.82) is 5.26 Å². The monoisotopic (exact) mass is 630 g/mol. The number of nitrogens with zero attached hydrogens (tertiary/aromatic N) is 2. The molecule has 1 N–H and O–H groups in total. The van der Waals surface area contributed by atoms with Crippen molar-refractivity contribution in [3.05, 3.63) is 22.3 Å². The van der Waals surface area contributed by atoms with Crippen LogP contribution in [0.5, 0.6) is 11.5 Å². The molecule has 44 heavy (non-hydrogen) atoms. The summed E-state index contributed by atoms with van der Waals surface area (Å²) >= 11 is 0. The van der Waals surface area contributed by atoms with Crippen molar-refractivity contribution in [2.45, 2.75) is 178 Å². The summed E-state index contributed by atoms with van der Waals surface area (Å²) in [5.41, 5.74) is 4.10. The highest BCUT2D eigenvalue weighted by atomic mass is 31.2. The van der Waals surface area contributed by atoms with Gasteiger partial charge in [-0.3, -0.25) is 0 Å². The average molecular weight is 631 g/mol. The minimum absolute atomic E-state index is 0.177. The van der Waals surface area contributed by atoms with Gasteiger partial charge in [0.15, 0.2) is 0 Å². The van der Waals surface area contributed by atoms with Gasteiger partial charge in [0.2, 0.25) is 0 Å². The van der Waals surface area contributed by atoms with Gasteiger partial charge in [0, 0.05) is 30.0 Å². The summed E-state index contributed by atoms with van der Waals surface area (Å²) in [4.78, 5) is 11.2. The molecular weight excluding hydrogens is 563 g/mol. The first-order valence-corrected chi connectivity index (χ1v) is 18.9. The van der Waals surface area contributed by atoms with E-state index in [4.69, 9.17) is 9.26 Å². The van der Waals surface area contributed by atoms with E-state index in [2.05, 4.69) is 89.2 Å². The van der Waals surface area contributed by atoms with E-state index < -0.39 is 8.53 Å². The minimum Gasteiger partial charge on any atom is -0.487 e. The van der Waals surface area contributed by atoms with E-state index in [1.54, 1.807) is 0 Å². The second-order valence-electron chi connectivity index (χ2n) is 15.3. The van der Waals surface area contributed by atoms with Crippen LogP contribution >= 0.6 is 8.53 Å². The highest BCUT2D eigenvalue weighted by Gasteiger charge is 2.42. The highest BCUT2D eigenvalue weighted by molar-refractivity contribution is 7.44. The van der Waals surface area contributed by atoms with Gasteiger partial charge < -0.3 is 14.2 Å². The second-order valence-corrected chi connectivity index (χ2v) is 16.4. The number of hydrogen-bond acceptors (Lipinski definition) is 5. The second kappa shape index (κ2) is 18.1. The largest absolute Gasteiger partial charge is 0.487 e. The SMILES string of the molecule is Cc1c(C)c2c(c(C)c1OP(O)N(C(C)C)C(C)C)CC(CCC#N)C(C)(CCCC(C)CCCC(C)CCCC(C)C)O2. The quantitative estimate of drug-likeness (QED) is 0.154. The van der Waals surface area contributed by atoms with E-state index in [1.165, 1.54) is 50.5 Å². The number of hydrogen-bond donors (Lipinski definition) is 1. The van der Waals surface area contributed by atoms with Crippen LogP contribution in [0.25, 0.3) is 0 Å². The van der Waals surface area contributed by atoms with E-state index in [0.717, 1.165) is 71.6 Å². The maximum Gasteiger partial charge on any atom is 0.318 e. The lowest BCUT2D eigenvalue weighted by Gasteiger charge is -2.44. The van der Waals surface area contributed by atoms with Gasteiger partial charge in [-0.25, -0.2) is 4.67 Å². The van der Waals surface area contributed by atoms with Crippen LogP contribution < -0.4 is 9.26 Å². The van der Waals surface area contributed by atoms with Crippen molar-refractivity contribution in [3.8, 4) is 17.6 Å². The van der Waals surface area contributed by atoms with Crippen molar-refractivity contribution in [2.24, 2.45) is 23.7 Å². The highest BCUT2D eigenvalue weighted by Crippen LogP contribution is 2.51. The van der Waals surface area contributed by atoms with Gasteiger partial charge in [-0.1, -0.05) is 72.6 Å². The van der Waals surface area contributed by atoms with Crippen molar-refractivity contribution in [1.82, 2.24) is 4.67 Å². The zero-order valence-electron chi connectivity index (χ0n) is 30.6. The third-order valence-electron chi connectivity index (χ3n) is 10.2. The Labute approximate surface area is 273 Å². The van der Waals surface area contributed by atoms with Gasteiger partial charge in [0.1, 0.15) is 17.1 Å². The number of benzene rings is 1. The molecule has 1 heterocycles. The molecule has 0 bridgehead atoms. The Morgan fingerprint density at radius 2 is 1.43 bits per heavy atom. The maximum atomic E-state index is 11.2. The Morgan fingerprint density at radius 1 is 0.886 bits per heavy atom. The van der Waals surface area contributed by atoms with Crippen LogP contribution in [0.3, 0.4) is 0 Å². The molecule has 0 radical (unpaired) electrons. The summed E-state index contributed by atoms with van der Waals surface area (Å²) in [7, 11) is -1.78. The van der Waals surface area contributed by atoms with Gasteiger partial charge in [-0.15, -0.1) is 0 Å². The first-order valence-electron chi connectivity index (χ1n) is 17.8. The molecule has 5 unspecified atom stereocenters. The van der Waals surface area contributed by atoms with Gasteiger partial charge in [0.25, 0.3) is 0 Å². The van der Waals surface area contributed by atoms with Crippen LogP contribution in [0.2, 0.25) is 0 Å². The van der Waals surface area contributed by atoms with E-state index in [-0.39, 0.29) is 23.6 Å². The van der Waals surface area contributed by atoms with Crippen molar-refractivity contribution < 1.29 is 14.2 Å². The molecule has 1 aromatic carbocycles. The molecule has 0 fully saturated rings. The lowest BCUT2D eigenvalue weighted by atomic mass is 9.74. The third kappa shape index (κ3) is 10.9. The number of fused-ring (bicyclic) bond motifs is 1. The molecule has 6 heteroatoms. The topological polar surface area (TPSA) is 65.7 Å². The van der Waals surface area contributed by atoms with Crippen LogP contribution in [-0.4, -0.2) is 27.2 Å². The molecule has 0 spiro atoms. The number of ether oxygens (including phenoxy) is 1. The van der Waals surface area contributed by atoms with Gasteiger partial charge in [-0.2, -0.15) is 5.26 Å². The predicted molar refractivity (Wildman–Crippen MR) is 188 cm³/mol. The minimum atomic E-state index is -1.78. The summed E-state index contributed by atoms with van der Waals surface area (Å²) < 4.78 is 15.4. The molecule has 0 aromatic heterocycles. The molecule has 0 saturated heterocycles. The lowest BCUT2D eigenvalue weighted by molar-refractivity contribution is -0.00526. The summed E-state index contributed by atoms with van der Waals surface area (Å²) in [6.45, 7) is 26.5. The fourth-order valence-electron chi connectivity index (χ4n) is 7.26. The van der Waals surface area contributed by atoms with Crippen LogP contribution in [0.1, 0.15) is 155 Å². The summed E-state index contributed by atoms with van der Waals surface area (Å²) in [5.74, 6) is 4.43. The molecule has 5 nitrogen and oxygen atoms in total. The van der Waals surface area contributed by atoms with E-state index in [9.17, 15) is 10.2 Å². The van der Waals surface area contributed by atoms with Gasteiger partial charge in [-0.05, 0) is 116 Å². The summed E-state index contributed by atoms with van der Waals surface area (Å²) in [5, 5.41) is 9.48. The van der Waals surface area contributed by atoms with Gasteiger partial charge >= 0.3 is 8.53 Å². The van der Waals surface area contributed by atoms with Crippen LogP contribution in [0, 0.1) is 55.8 Å². The molecule has 1 aliphatic rings. The molecule has 252 valence electrons. The summed E-state index contributed by atoms with van der Waals surface area (Å²) in [6.07, 6.45) is 13.7. The first kappa shape index (κ1) is 38.8. The van der Waals surface area contributed by atoms with E-state index in [0.29, 0.717) is 6.42 Å². The molecule has 5 atom stereocenters. The first-order chi connectivity index (χ1) is 20.6. The molecular formula is C38H67N2O3P. The zero-order valence-corrected chi connectivity index (χ0v) is 31.4. The van der Waals surface area contributed by atoms with Crippen molar-refractivity contribution in [3.63, 3.8) is 0 Å². The number of rotatable bonds is 19. The Hall–Kier alpha value is -1.34. The fourth-order valence-corrected chi connectivity index (χ4v) is 8.58. The standard InChI is InChI=1S/C38H67N2O3P/c1-26(2)17-13-18-29(7)19-14-20-30(8)21-15-23-38(12)34(22-16-24-39)25-35-33(11)36(31(9)32(10)37(35)42-38)43-44(41)40(27(3)4)28(5)6/h26-30,34,41H,13-23,25H2,1-12H3. The molecule has 1 aromatic rings. The number of nitriles is 1. The predicted octanol–water partition coefficient (Wildman–Crippen LogP) is 11.4. The Bertz CT molecular complexity index is 1060. The molecule has 2 rings (SSSR count). The average Bonchev–Trinajstić information content (AvgIpc) is 2.92. The van der Waals surface area contributed by atoms with Gasteiger partial charge in [0.05, 0.1) is 6.07 Å². The Kier molecular flexibility index (Phi) is 16.0. The smallest absolute Gasteiger partial charge is 0.318 e. The van der Waals surface area contributed by atoms with Crippen LogP contribution in [0.15, 0.2) is 0 Å². The zero-order chi connectivity index (χ0) is 33.2. The van der Waals surface area contributed by atoms with E-state index in [1.807, 2.05) is 4.67 Å². The maximum absolute atomic E-state index is 11.2. The molecule has 0 amide bonds. The normalized spacial score (nSPS) is 20.5. The fraction of sp³-hybridized carbons (Fsp3) is 0.816. The Balaban J connectivity index is 2.13. The van der Waals surface area contributed by atoms with Crippen molar-refractivity contribution >= 4 is 8.53 Å². The lowest BCUT2D eigenvalue weighted by Crippen LogP contribution is -2.45. The summed E-state index contributed by atoms with van der Waals surface area (Å²) in [6, 6.07) is 2.74. The van der Waals surface area contributed by atoms with Crippen LogP contribution in [-0.2, 0) is 6.42 Å². The third-order valence-corrected chi connectivity index (χ3v) is 11.9. The molecule has 1 aliphatic heterocycles. The van der Waals surface area contributed by atoms with E-state index >= 15 is 0 Å². The Morgan fingerprint density at radius 3 is 1.95 bits per heavy atom. The van der Waals surface area contributed by atoms with Crippen molar-refractivity contribution in [2.75, 3.05) is 0 Å². The molecule has 0 aliphatic carbocycles. The molecule has 0 saturated carbocycles.